The molecule has 27 heavy (non-hydrogen) atoms. The first kappa shape index (κ1) is 19.4. The van der Waals surface area contributed by atoms with Crippen LogP contribution in [0.2, 0.25) is 0 Å². The molecule has 144 valence electrons. The lowest BCUT2D eigenvalue weighted by Gasteiger charge is -2.38. The number of halogens is 1. The van der Waals surface area contributed by atoms with Gasteiger partial charge in [0, 0.05) is 38.8 Å². The highest BCUT2D eigenvalue weighted by Gasteiger charge is 2.34. The molecule has 1 fully saturated rings. The molecule has 2 aromatic carbocycles. The topological polar surface area (TPSA) is 45.7 Å². The monoisotopic (exact) mass is 369 g/mol. The van der Waals surface area contributed by atoms with Crippen molar-refractivity contribution in [1.29, 1.82) is 0 Å². The van der Waals surface area contributed by atoms with Gasteiger partial charge in [0.1, 0.15) is 5.82 Å². The lowest BCUT2D eigenvalue weighted by atomic mass is 9.74. The van der Waals surface area contributed by atoms with Crippen LogP contribution >= 0.6 is 0 Å². The number of guanidine groups is 1. The van der Waals surface area contributed by atoms with E-state index in [4.69, 9.17) is 4.74 Å². The molecule has 1 aliphatic rings. The van der Waals surface area contributed by atoms with Gasteiger partial charge in [-0.2, -0.15) is 0 Å². The Balaban J connectivity index is 1.65. The summed E-state index contributed by atoms with van der Waals surface area (Å²) in [5.41, 5.74) is 3.54. The average Bonchev–Trinajstić information content (AvgIpc) is 2.69. The molecule has 0 unspecified atom stereocenters. The van der Waals surface area contributed by atoms with Crippen LogP contribution < -0.4 is 10.6 Å². The summed E-state index contributed by atoms with van der Waals surface area (Å²) in [6.45, 7) is 4.97. The van der Waals surface area contributed by atoms with Crippen molar-refractivity contribution in [1.82, 2.24) is 10.6 Å². The van der Waals surface area contributed by atoms with Crippen molar-refractivity contribution < 1.29 is 9.13 Å². The number of ether oxygens (including phenoxy) is 1. The summed E-state index contributed by atoms with van der Waals surface area (Å²) in [4.78, 5) is 4.35. The lowest BCUT2D eigenvalue weighted by molar-refractivity contribution is 0.0513. The Morgan fingerprint density at radius 1 is 1.11 bits per heavy atom. The fraction of sp³-hybridized carbons (Fsp3) is 0.409. The highest BCUT2D eigenvalue weighted by Crippen LogP contribution is 2.34. The van der Waals surface area contributed by atoms with Crippen LogP contribution in [0.15, 0.2) is 53.5 Å². The third-order valence-corrected chi connectivity index (χ3v) is 5.27. The third kappa shape index (κ3) is 5.07. The van der Waals surface area contributed by atoms with Gasteiger partial charge in [-0.15, -0.1) is 0 Å². The molecule has 3 rings (SSSR count). The number of aryl methyl sites for hydroxylation is 1. The summed E-state index contributed by atoms with van der Waals surface area (Å²) >= 11 is 0. The number of hydrogen-bond acceptors (Lipinski definition) is 2. The van der Waals surface area contributed by atoms with Crippen LogP contribution in [0, 0.1) is 12.7 Å². The predicted molar refractivity (Wildman–Crippen MR) is 108 cm³/mol. The normalized spacial score (nSPS) is 16.8. The molecule has 1 saturated heterocycles. The lowest BCUT2D eigenvalue weighted by Crippen LogP contribution is -2.47. The molecule has 0 spiro atoms. The summed E-state index contributed by atoms with van der Waals surface area (Å²) in [7, 11) is 1.78. The zero-order valence-electron chi connectivity index (χ0n) is 16.1. The molecule has 0 bridgehead atoms. The van der Waals surface area contributed by atoms with Crippen LogP contribution in [0.1, 0.15) is 29.5 Å². The molecule has 1 heterocycles. The van der Waals surface area contributed by atoms with Crippen LogP contribution in [-0.2, 0) is 16.7 Å². The fourth-order valence-corrected chi connectivity index (χ4v) is 3.61. The Morgan fingerprint density at radius 3 is 2.52 bits per heavy atom. The van der Waals surface area contributed by atoms with E-state index in [0.717, 1.165) is 30.9 Å². The maximum absolute atomic E-state index is 13.4. The molecule has 1 aliphatic heterocycles. The number of aliphatic imine (C=N–C) groups is 1. The number of nitrogens with zero attached hydrogens (tertiary/aromatic N) is 1. The Kier molecular flexibility index (Phi) is 6.45. The van der Waals surface area contributed by atoms with Crippen molar-refractivity contribution in [2.75, 3.05) is 26.8 Å². The molecule has 0 aliphatic carbocycles. The van der Waals surface area contributed by atoms with Gasteiger partial charge in [-0.05, 0) is 43.0 Å². The highest BCUT2D eigenvalue weighted by molar-refractivity contribution is 5.79. The fourth-order valence-electron chi connectivity index (χ4n) is 3.61. The first-order valence-corrected chi connectivity index (χ1v) is 9.45. The molecule has 0 saturated carbocycles. The minimum Gasteiger partial charge on any atom is -0.381 e. The van der Waals surface area contributed by atoms with Crippen molar-refractivity contribution in [3.63, 3.8) is 0 Å². The van der Waals surface area contributed by atoms with Gasteiger partial charge in [-0.1, -0.05) is 42.0 Å². The Morgan fingerprint density at radius 2 is 1.85 bits per heavy atom. The summed E-state index contributed by atoms with van der Waals surface area (Å²) < 4.78 is 18.9. The van der Waals surface area contributed by atoms with E-state index in [9.17, 15) is 4.39 Å². The molecule has 0 atom stereocenters. The smallest absolute Gasteiger partial charge is 0.191 e. The molecule has 0 radical (unpaired) electrons. The number of benzene rings is 2. The number of rotatable bonds is 5. The number of hydrogen-bond donors (Lipinski definition) is 2. The van der Waals surface area contributed by atoms with Crippen LogP contribution in [-0.4, -0.2) is 32.8 Å². The summed E-state index contributed by atoms with van der Waals surface area (Å²) in [6, 6.07) is 15.3. The second kappa shape index (κ2) is 9.00. The molecule has 2 N–H and O–H groups in total. The Labute approximate surface area is 160 Å². The standard InChI is InChI=1S/C22H28FN3O/c1-17-4-3-5-18(14-17)15-25-21(24-2)26-16-22(10-12-27-13-11-22)19-6-8-20(23)9-7-19/h3-9,14H,10-13,15-16H2,1-2H3,(H2,24,25,26). The maximum Gasteiger partial charge on any atom is 0.191 e. The van der Waals surface area contributed by atoms with Gasteiger partial charge in [0.15, 0.2) is 5.96 Å². The van der Waals surface area contributed by atoms with E-state index in [1.807, 2.05) is 12.1 Å². The van der Waals surface area contributed by atoms with E-state index in [2.05, 4.69) is 46.8 Å². The van der Waals surface area contributed by atoms with Crippen molar-refractivity contribution >= 4 is 5.96 Å². The average molecular weight is 369 g/mol. The van der Waals surface area contributed by atoms with Crippen LogP contribution in [0.3, 0.4) is 0 Å². The summed E-state index contributed by atoms with van der Waals surface area (Å²) in [5, 5.41) is 6.85. The number of nitrogens with one attached hydrogen (secondary N) is 2. The van der Waals surface area contributed by atoms with E-state index in [1.165, 1.54) is 23.3 Å². The van der Waals surface area contributed by atoms with Gasteiger partial charge in [-0.3, -0.25) is 4.99 Å². The van der Waals surface area contributed by atoms with Crippen LogP contribution in [0.5, 0.6) is 0 Å². The van der Waals surface area contributed by atoms with Crippen molar-refractivity contribution in [2.45, 2.75) is 31.7 Å². The second-order valence-electron chi connectivity index (χ2n) is 7.17. The minimum atomic E-state index is -0.204. The van der Waals surface area contributed by atoms with E-state index in [-0.39, 0.29) is 11.2 Å². The summed E-state index contributed by atoms with van der Waals surface area (Å²) in [5.74, 6) is 0.564. The van der Waals surface area contributed by atoms with Gasteiger partial charge < -0.3 is 15.4 Å². The Bertz CT molecular complexity index is 767. The molecule has 0 amide bonds. The first-order chi connectivity index (χ1) is 13.1. The molecule has 0 aromatic heterocycles. The van der Waals surface area contributed by atoms with E-state index >= 15 is 0 Å². The second-order valence-corrected chi connectivity index (χ2v) is 7.17. The molecule has 5 heteroatoms. The zero-order chi connectivity index (χ0) is 19.1. The minimum absolute atomic E-state index is 0.0765. The molecule has 2 aromatic rings. The maximum atomic E-state index is 13.4. The van der Waals surface area contributed by atoms with Gasteiger partial charge in [-0.25, -0.2) is 4.39 Å². The zero-order valence-corrected chi connectivity index (χ0v) is 16.1. The quantitative estimate of drug-likeness (QED) is 0.626. The van der Waals surface area contributed by atoms with E-state index < -0.39 is 0 Å². The third-order valence-electron chi connectivity index (χ3n) is 5.27. The predicted octanol–water partition coefficient (Wildman–Crippen LogP) is 3.55. The first-order valence-electron chi connectivity index (χ1n) is 9.45. The summed E-state index contributed by atoms with van der Waals surface area (Å²) in [6.07, 6.45) is 1.81. The van der Waals surface area contributed by atoms with E-state index in [1.54, 1.807) is 7.05 Å². The molecule has 4 nitrogen and oxygen atoms in total. The largest absolute Gasteiger partial charge is 0.381 e. The van der Waals surface area contributed by atoms with Gasteiger partial charge >= 0.3 is 0 Å². The van der Waals surface area contributed by atoms with Crippen LogP contribution in [0.4, 0.5) is 4.39 Å². The molecular weight excluding hydrogens is 341 g/mol. The van der Waals surface area contributed by atoms with Gasteiger partial charge in [0.25, 0.3) is 0 Å². The highest BCUT2D eigenvalue weighted by atomic mass is 19.1. The molecular formula is C22H28FN3O. The van der Waals surface area contributed by atoms with E-state index in [0.29, 0.717) is 19.8 Å². The SMILES string of the molecule is CN=C(NCc1cccc(C)c1)NCC1(c2ccc(F)cc2)CCOCC1. The van der Waals surface area contributed by atoms with Crippen molar-refractivity contribution in [2.24, 2.45) is 4.99 Å². The Hall–Kier alpha value is -2.40. The van der Waals surface area contributed by atoms with Gasteiger partial charge in [0.05, 0.1) is 0 Å². The van der Waals surface area contributed by atoms with Crippen molar-refractivity contribution in [3.05, 3.63) is 71.0 Å². The van der Waals surface area contributed by atoms with Crippen LogP contribution in [0.25, 0.3) is 0 Å². The van der Waals surface area contributed by atoms with Crippen molar-refractivity contribution in [3.8, 4) is 0 Å². The van der Waals surface area contributed by atoms with Gasteiger partial charge in [0.2, 0.25) is 0 Å².